The van der Waals surface area contributed by atoms with Crippen LogP contribution in [-0.2, 0) is 9.59 Å². The van der Waals surface area contributed by atoms with E-state index in [1.54, 1.807) is 42.5 Å². The molecule has 3 heterocycles. The van der Waals surface area contributed by atoms with Crippen LogP contribution in [0.3, 0.4) is 0 Å². The molecule has 1 amide bonds. The number of nitrogens with zero attached hydrogens (tertiary/aromatic N) is 3. The zero-order chi connectivity index (χ0) is 24.0. The molecule has 1 unspecified atom stereocenters. The van der Waals surface area contributed by atoms with Crippen LogP contribution in [0, 0.1) is 5.82 Å². The number of amides is 1. The molecule has 0 spiro atoms. The number of ether oxygens (including phenoxy) is 1. The maximum atomic E-state index is 14.0. The predicted molar refractivity (Wildman–Crippen MR) is 127 cm³/mol. The number of anilines is 1. The van der Waals surface area contributed by atoms with Crippen molar-refractivity contribution >= 4 is 55.7 Å². The highest BCUT2D eigenvalue weighted by atomic mass is 35.5. The van der Waals surface area contributed by atoms with Gasteiger partial charge in [-0.05, 0) is 36.4 Å². The molecule has 2 aromatic heterocycles. The smallest absolute Gasteiger partial charge is 0.301 e. The highest BCUT2D eigenvalue weighted by Crippen LogP contribution is 2.44. The normalized spacial score (nSPS) is 17.5. The number of ketones is 1. The zero-order valence-electron chi connectivity index (χ0n) is 17.5. The van der Waals surface area contributed by atoms with Crippen LogP contribution in [0.5, 0.6) is 5.75 Å². The number of rotatable bonds is 4. The number of benzene rings is 2. The Kier molecular flexibility index (Phi) is 5.51. The van der Waals surface area contributed by atoms with Crippen molar-refractivity contribution in [2.45, 2.75) is 6.04 Å². The predicted octanol–water partition coefficient (Wildman–Crippen LogP) is 5.12. The molecule has 1 saturated heterocycles. The molecule has 5 rings (SSSR count). The van der Waals surface area contributed by atoms with Gasteiger partial charge in [-0.1, -0.05) is 41.1 Å². The number of aliphatic hydroxyl groups excluding tert-OH is 1. The third-order valence-electron chi connectivity index (χ3n) is 5.38. The standard InChI is InChI=1S/C24H15ClFN3O4S/c1-33-13-6-4-5-12(9-13)21(30)19-20(16-7-2-3-8-27-16)29(23(32)22(19)31)24-28-17-10-14(25)15(26)11-18(17)34-24/h2-11,20,30H,1H3/b21-19+. The number of hydrogen-bond acceptors (Lipinski definition) is 7. The average Bonchev–Trinajstić information content (AvgIpc) is 3.37. The van der Waals surface area contributed by atoms with E-state index >= 15 is 0 Å². The minimum atomic E-state index is -1.05. The van der Waals surface area contributed by atoms with Crippen molar-refractivity contribution in [2.24, 2.45) is 0 Å². The fourth-order valence-electron chi connectivity index (χ4n) is 3.79. The molecule has 1 aliphatic rings. The highest BCUT2D eigenvalue weighted by molar-refractivity contribution is 7.22. The summed E-state index contributed by atoms with van der Waals surface area (Å²) in [4.78, 5) is 36.3. The molecule has 10 heteroatoms. The van der Waals surface area contributed by atoms with E-state index in [0.29, 0.717) is 27.2 Å². The number of carbonyl (C=O) groups excluding carboxylic acids is 2. The number of fused-ring (bicyclic) bond motifs is 1. The number of Topliss-reactive ketones (excluding diaryl/α,β-unsaturated/α-hetero) is 1. The molecular weight excluding hydrogens is 481 g/mol. The first-order chi connectivity index (χ1) is 16.4. The number of halogens is 2. The van der Waals surface area contributed by atoms with Crippen LogP contribution in [0.2, 0.25) is 5.02 Å². The fourth-order valence-corrected chi connectivity index (χ4v) is 4.94. The molecule has 0 saturated carbocycles. The molecule has 0 bridgehead atoms. The van der Waals surface area contributed by atoms with Gasteiger partial charge in [0.25, 0.3) is 5.78 Å². The van der Waals surface area contributed by atoms with E-state index in [-0.39, 0.29) is 21.5 Å². The van der Waals surface area contributed by atoms with Crippen molar-refractivity contribution in [1.82, 2.24) is 9.97 Å². The van der Waals surface area contributed by atoms with E-state index in [2.05, 4.69) is 9.97 Å². The summed E-state index contributed by atoms with van der Waals surface area (Å²) in [6, 6.07) is 13.1. The quantitative estimate of drug-likeness (QED) is 0.240. The van der Waals surface area contributed by atoms with Gasteiger partial charge in [0.2, 0.25) is 0 Å². The van der Waals surface area contributed by atoms with E-state index in [1.807, 2.05) is 0 Å². The van der Waals surface area contributed by atoms with Crippen molar-refractivity contribution in [1.29, 1.82) is 0 Å². The highest BCUT2D eigenvalue weighted by Gasteiger charge is 2.48. The van der Waals surface area contributed by atoms with Crippen LogP contribution in [0.15, 0.2) is 66.4 Å². The molecule has 1 atom stereocenters. The maximum absolute atomic E-state index is 14.0. The Morgan fingerprint density at radius 3 is 2.74 bits per heavy atom. The lowest BCUT2D eigenvalue weighted by atomic mass is 9.98. The van der Waals surface area contributed by atoms with E-state index in [0.717, 1.165) is 11.3 Å². The second-order valence-corrected chi connectivity index (χ2v) is 8.80. The van der Waals surface area contributed by atoms with E-state index in [9.17, 15) is 19.1 Å². The van der Waals surface area contributed by atoms with Crippen molar-refractivity contribution in [3.63, 3.8) is 0 Å². The molecule has 0 radical (unpaired) electrons. The van der Waals surface area contributed by atoms with Gasteiger partial charge in [0.15, 0.2) is 5.13 Å². The Morgan fingerprint density at radius 2 is 2.00 bits per heavy atom. The largest absolute Gasteiger partial charge is 0.507 e. The minimum absolute atomic E-state index is 0.106. The Labute approximate surface area is 201 Å². The van der Waals surface area contributed by atoms with Crippen LogP contribution < -0.4 is 9.64 Å². The van der Waals surface area contributed by atoms with Crippen molar-refractivity contribution in [2.75, 3.05) is 12.0 Å². The minimum Gasteiger partial charge on any atom is -0.507 e. The van der Waals surface area contributed by atoms with E-state index < -0.39 is 23.5 Å². The van der Waals surface area contributed by atoms with Crippen LogP contribution in [0.4, 0.5) is 9.52 Å². The molecule has 1 N–H and O–H groups in total. The second kappa shape index (κ2) is 8.51. The topological polar surface area (TPSA) is 92.6 Å². The van der Waals surface area contributed by atoms with Gasteiger partial charge in [0.1, 0.15) is 23.4 Å². The van der Waals surface area contributed by atoms with E-state index in [1.165, 1.54) is 30.3 Å². The second-order valence-electron chi connectivity index (χ2n) is 7.39. The van der Waals surface area contributed by atoms with Crippen LogP contribution in [0.1, 0.15) is 17.3 Å². The third kappa shape index (κ3) is 3.59. The number of pyridine rings is 1. The summed E-state index contributed by atoms with van der Waals surface area (Å²) in [6.07, 6.45) is 1.52. The Hall–Kier alpha value is -3.82. The van der Waals surface area contributed by atoms with Gasteiger partial charge < -0.3 is 9.84 Å². The van der Waals surface area contributed by atoms with Gasteiger partial charge >= 0.3 is 5.91 Å². The number of thiazole rings is 1. The lowest BCUT2D eigenvalue weighted by Gasteiger charge is -2.22. The first kappa shape index (κ1) is 22.0. The van der Waals surface area contributed by atoms with Crippen LogP contribution in [-0.4, -0.2) is 33.9 Å². The fraction of sp³-hybridized carbons (Fsp3) is 0.0833. The first-order valence-corrected chi connectivity index (χ1v) is 11.2. The van der Waals surface area contributed by atoms with E-state index in [4.69, 9.17) is 16.3 Å². The van der Waals surface area contributed by atoms with Gasteiger partial charge in [-0.3, -0.25) is 19.5 Å². The monoisotopic (exact) mass is 495 g/mol. The molecule has 4 aromatic rings. The molecule has 1 aliphatic heterocycles. The number of methoxy groups -OCH3 is 1. The summed E-state index contributed by atoms with van der Waals surface area (Å²) in [6.45, 7) is 0. The summed E-state index contributed by atoms with van der Waals surface area (Å²) in [5.74, 6) is -2.29. The van der Waals surface area contributed by atoms with Crippen LogP contribution >= 0.6 is 22.9 Å². The number of hydrogen-bond donors (Lipinski definition) is 1. The molecule has 1 fully saturated rings. The molecule has 2 aromatic carbocycles. The maximum Gasteiger partial charge on any atom is 0.301 e. The van der Waals surface area contributed by atoms with Gasteiger partial charge in [0, 0.05) is 11.8 Å². The van der Waals surface area contributed by atoms with Crippen molar-refractivity contribution < 1.29 is 23.8 Å². The molecule has 170 valence electrons. The lowest BCUT2D eigenvalue weighted by molar-refractivity contribution is -0.132. The zero-order valence-corrected chi connectivity index (χ0v) is 19.1. The van der Waals surface area contributed by atoms with Gasteiger partial charge in [-0.15, -0.1) is 0 Å². The number of aromatic nitrogens is 2. The molecule has 7 nitrogen and oxygen atoms in total. The van der Waals surface area contributed by atoms with Gasteiger partial charge in [-0.2, -0.15) is 0 Å². The Bertz CT molecular complexity index is 1450. The summed E-state index contributed by atoms with van der Waals surface area (Å²) in [7, 11) is 1.48. The van der Waals surface area contributed by atoms with Crippen molar-refractivity contribution in [3.8, 4) is 5.75 Å². The average molecular weight is 496 g/mol. The molecule has 0 aliphatic carbocycles. The van der Waals surface area contributed by atoms with Gasteiger partial charge in [-0.25, -0.2) is 9.37 Å². The summed E-state index contributed by atoms with van der Waals surface area (Å²) in [5.41, 5.74) is 0.896. The molecule has 34 heavy (non-hydrogen) atoms. The third-order valence-corrected chi connectivity index (χ3v) is 6.69. The Morgan fingerprint density at radius 1 is 1.18 bits per heavy atom. The summed E-state index contributed by atoms with van der Waals surface area (Å²) in [5, 5.41) is 11.2. The summed E-state index contributed by atoms with van der Waals surface area (Å²) >= 11 is 6.91. The SMILES string of the molecule is COc1cccc(/C(O)=C2\C(=O)C(=O)N(c3nc4cc(Cl)c(F)cc4s3)C2c2ccccn2)c1. The Balaban J connectivity index is 1.72. The van der Waals surface area contributed by atoms with Crippen molar-refractivity contribution in [3.05, 3.63) is 88.5 Å². The molecular formula is C24H15ClFN3O4S. The number of carbonyl (C=O) groups is 2. The van der Waals surface area contributed by atoms with Crippen LogP contribution in [0.25, 0.3) is 16.0 Å². The first-order valence-electron chi connectivity index (χ1n) is 10.0. The van der Waals surface area contributed by atoms with Gasteiger partial charge in [0.05, 0.1) is 33.6 Å². The number of aliphatic hydroxyl groups is 1. The lowest BCUT2D eigenvalue weighted by Crippen LogP contribution is -2.29. The summed E-state index contributed by atoms with van der Waals surface area (Å²) < 4.78 is 19.6.